The monoisotopic (exact) mass is 439 g/mol. The predicted octanol–water partition coefficient (Wildman–Crippen LogP) is 3.87. The Morgan fingerprint density at radius 2 is 1.91 bits per heavy atom. The molecule has 1 atom stereocenters. The van der Waals surface area contributed by atoms with Crippen molar-refractivity contribution in [3.63, 3.8) is 0 Å². The van der Waals surface area contributed by atoms with Crippen molar-refractivity contribution in [2.24, 2.45) is 0 Å². The normalized spacial score (nSPS) is 22.2. The summed E-state index contributed by atoms with van der Waals surface area (Å²) in [5.41, 5.74) is 4.11. The van der Waals surface area contributed by atoms with E-state index in [1.54, 1.807) is 6.07 Å². The maximum Gasteiger partial charge on any atom is 0.148 e. The minimum atomic E-state index is -0.138. The van der Waals surface area contributed by atoms with Gasteiger partial charge in [-0.05, 0) is 56.8 Å². The number of halogens is 1. The summed E-state index contributed by atoms with van der Waals surface area (Å²) in [5.74, 6) is 1.89. The quantitative estimate of drug-likeness (QED) is 0.721. The van der Waals surface area contributed by atoms with Gasteiger partial charge in [0.2, 0.25) is 0 Å². The molecule has 32 heavy (non-hydrogen) atoms. The highest BCUT2D eigenvalue weighted by Gasteiger charge is 2.29. The van der Waals surface area contributed by atoms with Crippen molar-refractivity contribution in [1.82, 2.24) is 14.9 Å². The summed E-state index contributed by atoms with van der Waals surface area (Å²) in [4.78, 5) is 16.8. The van der Waals surface area contributed by atoms with Crippen molar-refractivity contribution < 1.29 is 9.13 Å². The van der Waals surface area contributed by atoms with Crippen LogP contribution < -0.4 is 9.80 Å². The average Bonchev–Trinajstić information content (AvgIpc) is 2.81. The summed E-state index contributed by atoms with van der Waals surface area (Å²) in [5, 5.41) is 0. The second-order valence-electron chi connectivity index (χ2n) is 9.36. The SMILES string of the molecule is Cc1nc([C@@H]2CCCCN2Cc2ccc(N3CCOCC3)c(F)c2)nc2c1CCCN2C. The van der Waals surface area contributed by atoms with E-state index in [-0.39, 0.29) is 11.9 Å². The third-order valence-corrected chi connectivity index (χ3v) is 7.15. The van der Waals surface area contributed by atoms with E-state index in [1.807, 2.05) is 6.07 Å². The molecule has 0 unspecified atom stereocenters. The van der Waals surface area contributed by atoms with E-state index >= 15 is 0 Å². The first-order valence-electron chi connectivity index (χ1n) is 12.0. The van der Waals surface area contributed by atoms with E-state index in [0.29, 0.717) is 18.9 Å². The van der Waals surface area contributed by atoms with E-state index in [2.05, 4.69) is 34.7 Å². The summed E-state index contributed by atoms with van der Waals surface area (Å²) >= 11 is 0. The summed E-state index contributed by atoms with van der Waals surface area (Å²) in [7, 11) is 2.13. The summed E-state index contributed by atoms with van der Waals surface area (Å²) in [6.45, 7) is 7.69. The Kier molecular flexibility index (Phi) is 6.28. The van der Waals surface area contributed by atoms with Gasteiger partial charge in [-0.1, -0.05) is 12.5 Å². The van der Waals surface area contributed by atoms with E-state index in [1.165, 1.54) is 12.0 Å². The number of hydrogen-bond acceptors (Lipinski definition) is 6. The Labute approximate surface area is 190 Å². The molecule has 2 saturated heterocycles. The van der Waals surface area contributed by atoms with E-state index in [4.69, 9.17) is 14.7 Å². The Bertz CT molecular complexity index is 962. The molecule has 2 aromatic rings. The van der Waals surface area contributed by atoms with Gasteiger partial charge in [0.25, 0.3) is 0 Å². The van der Waals surface area contributed by atoms with Crippen LogP contribution in [-0.4, -0.2) is 61.3 Å². The largest absolute Gasteiger partial charge is 0.378 e. The molecule has 0 spiro atoms. The maximum atomic E-state index is 15.0. The molecule has 5 rings (SSSR count). The lowest BCUT2D eigenvalue weighted by Crippen LogP contribution is -2.37. The Morgan fingerprint density at radius 3 is 2.72 bits per heavy atom. The summed E-state index contributed by atoms with van der Waals surface area (Å²) in [6.07, 6.45) is 5.62. The number of ether oxygens (including phenoxy) is 1. The van der Waals surface area contributed by atoms with Crippen LogP contribution in [0.25, 0.3) is 0 Å². The maximum absolute atomic E-state index is 15.0. The van der Waals surface area contributed by atoms with Gasteiger partial charge in [-0.3, -0.25) is 4.90 Å². The Hall–Kier alpha value is -2.25. The second-order valence-corrected chi connectivity index (χ2v) is 9.36. The molecular formula is C25H34FN5O. The molecule has 1 aromatic heterocycles. The number of likely N-dealkylation sites (tertiary alicyclic amines) is 1. The number of nitrogens with zero attached hydrogens (tertiary/aromatic N) is 5. The van der Waals surface area contributed by atoms with Crippen LogP contribution in [0.5, 0.6) is 0 Å². The van der Waals surface area contributed by atoms with E-state index in [9.17, 15) is 4.39 Å². The number of anilines is 2. The highest BCUT2D eigenvalue weighted by Crippen LogP contribution is 2.34. The van der Waals surface area contributed by atoms with Gasteiger partial charge in [-0.2, -0.15) is 0 Å². The molecule has 3 aliphatic heterocycles. The van der Waals surface area contributed by atoms with Crippen molar-refractivity contribution in [1.29, 1.82) is 0 Å². The van der Waals surface area contributed by atoms with Crippen LogP contribution in [0.2, 0.25) is 0 Å². The van der Waals surface area contributed by atoms with Crippen molar-refractivity contribution in [3.05, 3.63) is 46.7 Å². The molecule has 7 heteroatoms. The molecule has 1 aromatic carbocycles. The number of morpholine rings is 1. The molecule has 172 valence electrons. The Morgan fingerprint density at radius 1 is 1.06 bits per heavy atom. The molecule has 0 radical (unpaired) electrons. The van der Waals surface area contributed by atoms with E-state index in [0.717, 1.165) is 81.3 Å². The zero-order valence-electron chi connectivity index (χ0n) is 19.3. The summed E-state index contributed by atoms with van der Waals surface area (Å²) < 4.78 is 20.4. The molecule has 4 heterocycles. The highest BCUT2D eigenvalue weighted by atomic mass is 19.1. The molecule has 0 amide bonds. The van der Waals surface area contributed by atoms with Crippen molar-refractivity contribution in [2.45, 2.75) is 51.6 Å². The fourth-order valence-corrected chi connectivity index (χ4v) is 5.38. The molecule has 2 fully saturated rings. The molecule has 0 N–H and O–H groups in total. The van der Waals surface area contributed by atoms with Crippen LogP contribution in [0.1, 0.15) is 54.4 Å². The minimum Gasteiger partial charge on any atom is -0.378 e. The lowest BCUT2D eigenvalue weighted by atomic mass is 9.99. The predicted molar refractivity (Wildman–Crippen MR) is 125 cm³/mol. The highest BCUT2D eigenvalue weighted by molar-refractivity contribution is 5.51. The van der Waals surface area contributed by atoms with Gasteiger partial charge in [0.1, 0.15) is 17.5 Å². The van der Waals surface area contributed by atoms with Crippen molar-refractivity contribution in [2.75, 3.05) is 56.2 Å². The van der Waals surface area contributed by atoms with Crippen LogP contribution in [0.3, 0.4) is 0 Å². The van der Waals surface area contributed by atoms with Crippen LogP contribution in [0, 0.1) is 12.7 Å². The zero-order chi connectivity index (χ0) is 22.1. The van der Waals surface area contributed by atoms with Gasteiger partial charge in [0.05, 0.1) is 24.9 Å². The smallest absolute Gasteiger partial charge is 0.148 e. The Balaban J connectivity index is 1.37. The summed E-state index contributed by atoms with van der Waals surface area (Å²) in [6, 6.07) is 5.91. The van der Waals surface area contributed by atoms with Crippen LogP contribution in [0.15, 0.2) is 18.2 Å². The van der Waals surface area contributed by atoms with Crippen LogP contribution >= 0.6 is 0 Å². The number of benzene rings is 1. The first-order chi connectivity index (χ1) is 15.6. The van der Waals surface area contributed by atoms with E-state index < -0.39 is 0 Å². The molecule has 6 nitrogen and oxygen atoms in total. The lowest BCUT2D eigenvalue weighted by molar-refractivity contribution is 0.122. The lowest BCUT2D eigenvalue weighted by Gasteiger charge is -2.36. The number of piperidine rings is 1. The molecule has 0 bridgehead atoms. The van der Waals surface area contributed by atoms with Crippen LogP contribution in [0.4, 0.5) is 15.9 Å². The zero-order valence-corrected chi connectivity index (χ0v) is 19.3. The molecule has 0 aliphatic carbocycles. The van der Waals surface area contributed by atoms with Crippen molar-refractivity contribution >= 4 is 11.5 Å². The molecule has 0 saturated carbocycles. The van der Waals surface area contributed by atoms with Gasteiger partial charge >= 0.3 is 0 Å². The minimum absolute atomic E-state index is 0.138. The fourth-order valence-electron chi connectivity index (χ4n) is 5.38. The van der Waals surface area contributed by atoms with Gasteiger partial charge in [0.15, 0.2) is 0 Å². The number of aryl methyl sites for hydroxylation is 1. The third kappa shape index (κ3) is 4.33. The molecule has 3 aliphatic rings. The second kappa shape index (κ2) is 9.32. The van der Waals surface area contributed by atoms with Gasteiger partial charge in [-0.15, -0.1) is 0 Å². The topological polar surface area (TPSA) is 44.7 Å². The average molecular weight is 440 g/mol. The van der Waals surface area contributed by atoms with Gasteiger partial charge in [0, 0.05) is 44.5 Å². The van der Waals surface area contributed by atoms with Crippen molar-refractivity contribution in [3.8, 4) is 0 Å². The van der Waals surface area contributed by atoms with Gasteiger partial charge in [-0.25, -0.2) is 14.4 Å². The number of hydrogen-bond donors (Lipinski definition) is 0. The third-order valence-electron chi connectivity index (χ3n) is 7.15. The first kappa shape index (κ1) is 21.6. The first-order valence-corrected chi connectivity index (χ1v) is 12.0. The molecular weight excluding hydrogens is 405 g/mol. The fraction of sp³-hybridized carbons (Fsp3) is 0.600. The number of fused-ring (bicyclic) bond motifs is 1. The van der Waals surface area contributed by atoms with Crippen LogP contribution in [-0.2, 0) is 17.7 Å². The standard InChI is InChI=1S/C25H34FN5O/c1-18-20-6-5-10-29(2)25(20)28-24(27-18)23-7-3-4-11-31(23)17-19-8-9-22(21(26)16-19)30-12-14-32-15-13-30/h8-9,16,23H,3-7,10-15,17H2,1-2H3/t23-/m0/s1. The van der Waals surface area contributed by atoms with Gasteiger partial charge < -0.3 is 14.5 Å². The number of rotatable bonds is 4. The number of aromatic nitrogens is 2.